The van der Waals surface area contributed by atoms with Gasteiger partial charge >= 0.3 is 0 Å². The van der Waals surface area contributed by atoms with Crippen LogP contribution < -0.4 is 14.8 Å². The van der Waals surface area contributed by atoms with Gasteiger partial charge in [-0.2, -0.15) is 0 Å². The first-order chi connectivity index (χ1) is 15.9. The summed E-state index contributed by atoms with van der Waals surface area (Å²) in [7, 11) is 2.95. The van der Waals surface area contributed by atoms with Gasteiger partial charge in [0.2, 0.25) is 11.8 Å². The number of hydrogen-bond donors (Lipinski definition) is 1. The van der Waals surface area contributed by atoms with E-state index >= 15 is 0 Å². The Hall–Kier alpha value is -3.86. The highest BCUT2D eigenvalue weighted by Crippen LogP contribution is 2.33. The summed E-state index contributed by atoms with van der Waals surface area (Å²) in [4.78, 5) is 42.2. The topological polar surface area (TPSA) is 123 Å². The minimum absolute atomic E-state index is 0.0244. The average molecular weight is 471 g/mol. The molecule has 1 fully saturated rings. The fourth-order valence-electron chi connectivity index (χ4n) is 3.05. The number of methoxy groups -OCH3 is 2. The Morgan fingerprint density at radius 1 is 1.24 bits per heavy atom. The molecule has 3 rings (SSSR count). The molecule has 1 aliphatic heterocycles. The number of carbonyl (C=O) groups is 2. The predicted molar refractivity (Wildman–Crippen MR) is 126 cm³/mol. The Kier molecular flexibility index (Phi) is 7.67. The van der Waals surface area contributed by atoms with Crippen molar-refractivity contribution < 1.29 is 24.0 Å². The third kappa shape index (κ3) is 5.69. The minimum atomic E-state index is -0.723. The van der Waals surface area contributed by atoms with Crippen LogP contribution in [0.3, 0.4) is 0 Å². The van der Waals surface area contributed by atoms with Crippen molar-refractivity contribution in [3.8, 4) is 11.5 Å². The molecule has 2 amide bonds. The molecule has 1 unspecified atom stereocenters. The molecule has 0 bridgehead atoms. The van der Waals surface area contributed by atoms with Crippen molar-refractivity contribution in [2.24, 2.45) is 4.99 Å². The van der Waals surface area contributed by atoms with E-state index in [4.69, 9.17) is 9.47 Å². The van der Waals surface area contributed by atoms with Gasteiger partial charge in [-0.05, 0) is 36.4 Å². The van der Waals surface area contributed by atoms with Crippen LogP contribution in [0.1, 0.15) is 6.42 Å². The number of nitrogens with zero attached hydrogens (tertiary/aromatic N) is 3. The van der Waals surface area contributed by atoms with E-state index in [1.54, 1.807) is 37.5 Å². The molecule has 1 N–H and O–H groups in total. The molecule has 33 heavy (non-hydrogen) atoms. The van der Waals surface area contributed by atoms with E-state index in [2.05, 4.69) is 16.9 Å². The average Bonchev–Trinajstić information content (AvgIpc) is 3.08. The smallest absolute Gasteiger partial charge is 0.296 e. The van der Waals surface area contributed by atoms with Crippen LogP contribution in [0.2, 0.25) is 0 Å². The second-order valence-corrected chi connectivity index (χ2v) is 8.00. The summed E-state index contributed by atoms with van der Waals surface area (Å²) in [6, 6.07) is 11.1. The van der Waals surface area contributed by atoms with E-state index in [0.717, 1.165) is 11.8 Å². The molecule has 0 radical (unpaired) electrons. The number of amidine groups is 1. The van der Waals surface area contributed by atoms with Gasteiger partial charge in [0.25, 0.3) is 5.69 Å². The normalized spacial score (nSPS) is 16.5. The second kappa shape index (κ2) is 10.6. The molecule has 0 aliphatic carbocycles. The standard InChI is InChI=1S/C22H22N4O6S/c1-4-11-25-21(28)19(33-22(25)23-14-5-7-15(31-2)8-6-14)13-20(27)24-17-10-9-16(32-3)12-18(17)26(29)30/h4-10,12,19H,1,11,13H2,2-3H3,(H,24,27). The molecule has 1 atom stereocenters. The molecular weight excluding hydrogens is 448 g/mol. The van der Waals surface area contributed by atoms with E-state index in [-0.39, 0.29) is 30.2 Å². The lowest BCUT2D eigenvalue weighted by atomic mass is 10.2. The number of benzene rings is 2. The molecule has 10 nitrogen and oxygen atoms in total. The van der Waals surface area contributed by atoms with Crippen molar-refractivity contribution in [2.75, 3.05) is 26.1 Å². The highest BCUT2D eigenvalue weighted by atomic mass is 32.2. The fourth-order valence-corrected chi connectivity index (χ4v) is 4.22. The number of nitrogens with one attached hydrogen (secondary N) is 1. The third-order valence-electron chi connectivity index (χ3n) is 4.68. The van der Waals surface area contributed by atoms with Crippen molar-refractivity contribution in [1.29, 1.82) is 0 Å². The van der Waals surface area contributed by atoms with Gasteiger partial charge in [-0.25, -0.2) is 4.99 Å². The molecular formula is C22H22N4O6S. The van der Waals surface area contributed by atoms with Crippen LogP contribution in [-0.4, -0.2) is 52.8 Å². The summed E-state index contributed by atoms with van der Waals surface area (Å²) in [6.45, 7) is 3.92. The van der Waals surface area contributed by atoms with Gasteiger partial charge < -0.3 is 14.8 Å². The van der Waals surface area contributed by atoms with Crippen LogP contribution >= 0.6 is 11.8 Å². The first kappa shape index (κ1) is 23.8. The SMILES string of the molecule is C=CCN1C(=O)C(CC(=O)Nc2ccc(OC)cc2[N+](=O)[O-])SC1=Nc1ccc(OC)cc1. The lowest BCUT2D eigenvalue weighted by Gasteiger charge is -2.14. The summed E-state index contributed by atoms with van der Waals surface area (Å²) < 4.78 is 10.1. The maximum atomic E-state index is 12.9. The zero-order chi connectivity index (χ0) is 24.0. The molecule has 11 heteroatoms. The number of anilines is 1. The number of aliphatic imine (C=N–C) groups is 1. The Labute approximate surface area is 194 Å². The van der Waals surface area contributed by atoms with E-state index in [9.17, 15) is 19.7 Å². The van der Waals surface area contributed by atoms with E-state index in [1.165, 1.54) is 30.2 Å². The molecule has 2 aromatic carbocycles. The van der Waals surface area contributed by atoms with Gasteiger partial charge in [0.15, 0.2) is 5.17 Å². The van der Waals surface area contributed by atoms with Gasteiger partial charge in [0, 0.05) is 13.0 Å². The Morgan fingerprint density at radius 2 is 1.91 bits per heavy atom. The first-order valence-electron chi connectivity index (χ1n) is 9.80. The van der Waals surface area contributed by atoms with Crippen LogP contribution in [0.5, 0.6) is 11.5 Å². The van der Waals surface area contributed by atoms with E-state index < -0.39 is 16.1 Å². The number of thioether (sulfide) groups is 1. The van der Waals surface area contributed by atoms with Crippen LogP contribution in [0, 0.1) is 10.1 Å². The van der Waals surface area contributed by atoms with E-state index in [0.29, 0.717) is 22.4 Å². The number of hydrogen-bond acceptors (Lipinski definition) is 8. The maximum Gasteiger partial charge on any atom is 0.296 e. The monoisotopic (exact) mass is 470 g/mol. The van der Waals surface area contributed by atoms with Crippen LogP contribution in [-0.2, 0) is 9.59 Å². The highest BCUT2D eigenvalue weighted by molar-refractivity contribution is 8.15. The van der Waals surface area contributed by atoms with Crippen molar-refractivity contribution in [3.63, 3.8) is 0 Å². The molecule has 1 aliphatic rings. The number of nitro benzene ring substituents is 1. The highest BCUT2D eigenvalue weighted by Gasteiger charge is 2.38. The van der Waals surface area contributed by atoms with Crippen molar-refractivity contribution in [1.82, 2.24) is 4.90 Å². The number of ether oxygens (including phenoxy) is 2. The lowest BCUT2D eigenvalue weighted by molar-refractivity contribution is -0.384. The largest absolute Gasteiger partial charge is 0.497 e. The summed E-state index contributed by atoms with van der Waals surface area (Å²) in [5.74, 6) is 0.157. The fraction of sp³-hybridized carbons (Fsp3) is 0.227. The summed E-state index contributed by atoms with van der Waals surface area (Å²) >= 11 is 1.16. The maximum absolute atomic E-state index is 12.9. The van der Waals surface area contributed by atoms with Crippen LogP contribution in [0.15, 0.2) is 60.1 Å². The zero-order valence-electron chi connectivity index (χ0n) is 18.0. The summed E-state index contributed by atoms with van der Waals surface area (Å²) in [5.41, 5.74) is 0.346. The Balaban J connectivity index is 1.76. The minimum Gasteiger partial charge on any atom is -0.497 e. The van der Waals surface area contributed by atoms with Gasteiger partial charge in [0.05, 0.1) is 30.9 Å². The van der Waals surface area contributed by atoms with Gasteiger partial charge in [0.1, 0.15) is 22.4 Å². The predicted octanol–water partition coefficient (Wildman–Crippen LogP) is 3.76. The summed E-state index contributed by atoms with van der Waals surface area (Å²) in [6.07, 6.45) is 1.40. The number of amides is 2. The number of carbonyl (C=O) groups excluding carboxylic acids is 2. The quantitative estimate of drug-likeness (QED) is 0.336. The van der Waals surface area contributed by atoms with Crippen molar-refractivity contribution >= 4 is 45.8 Å². The zero-order valence-corrected chi connectivity index (χ0v) is 18.8. The van der Waals surface area contributed by atoms with E-state index in [1.807, 2.05) is 0 Å². The molecule has 0 aromatic heterocycles. The molecule has 0 spiro atoms. The number of rotatable bonds is 9. The molecule has 1 heterocycles. The van der Waals surface area contributed by atoms with Crippen LogP contribution in [0.4, 0.5) is 17.1 Å². The molecule has 2 aromatic rings. The number of nitro groups is 1. The Morgan fingerprint density at radius 3 is 2.52 bits per heavy atom. The second-order valence-electron chi connectivity index (χ2n) is 6.83. The molecule has 172 valence electrons. The van der Waals surface area contributed by atoms with Crippen molar-refractivity contribution in [3.05, 3.63) is 65.2 Å². The summed E-state index contributed by atoms with van der Waals surface area (Å²) in [5, 5.41) is 13.6. The first-order valence-corrected chi connectivity index (χ1v) is 10.7. The lowest BCUT2D eigenvalue weighted by Crippen LogP contribution is -2.33. The van der Waals surface area contributed by atoms with Crippen LogP contribution in [0.25, 0.3) is 0 Å². The Bertz CT molecular complexity index is 1100. The van der Waals surface area contributed by atoms with Crippen molar-refractivity contribution in [2.45, 2.75) is 11.7 Å². The van der Waals surface area contributed by atoms with Gasteiger partial charge in [-0.15, -0.1) is 6.58 Å². The molecule has 0 saturated carbocycles. The molecule has 1 saturated heterocycles. The van der Waals surface area contributed by atoms with Gasteiger partial charge in [-0.3, -0.25) is 24.6 Å². The van der Waals surface area contributed by atoms with Gasteiger partial charge in [-0.1, -0.05) is 17.8 Å². The third-order valence-corrected chi connectivity index (χ3v) is 5.85.